The molecule has 0 amide bonds. The van der Waals surface area contributed by atoms with E-state index in [-0.39, 0.29) is 43.5 Å². The minimum atomic E-state index is 0. The summed E-state index contributed by atoms with van der Waals surface area (Å²) in [6.45, 7) is 12.4. The molecule has 0 spiro atoms. The third kappa shape index (κ3) is 8.67. The number of hydrogen-bond donors (Lipinski definition) is 1. The van der Waals surface area contributed by atoms with Crippen LogP contribution in [-0.2, 0) is 24.9 Å². The Morgan fingerprint density at radius 1 is 0.720 bits per heavy atom. The summed E-state index contributed by atoms with van der Waals surface area (Å²) in [5, 5.41) is 14.8. The summed E-state index contributed by atoms with van der Waals surface area (Å²) in [6, 6.07) is 40.2. The summed E-state index contributed by atoms with van der Waals surface area (Å²) in [6.07, 6.45) is 6.80. The van der Waals surface area contributed by atoms with Gasteiger partial charge in [-0.3, -0.25) is 4.79 Å². The van der Waals surface area contributed by atoms with Crippen LogP contribution in [0.15, 0.2) is 121 Å². The van der Waals surface area contributed by atoms with Gasteiger partial charge in [-0.05, 0) is 95.1 Å². The van der Waals surface area contributed by atoms with Crippen LogP contribution in [-0.4, -0.2) is 15.9 Å². The number of fused-ring (bicyclic) bond motifs is 3. The third-order valence-electron chi connectivity index (χ3n) is 9.78. The number of benzene rings is 5. The predicted octanol–water partition coefficient (Wildman–Crippen LogP) is 12.7. The molecule has 6 aromatic rings. The molecule has 0 aliphatic rings. The van der Waals surface area contributed by atoms with Crippen molar-refractivity contribution in [3.8, 4) is 33.5 Å². The van der Waals surface area contributed by atoms with E-state index in [9.17, 15) is 9.90 Å². The van der Waals surface area contributed by atoms with E-state index in [0.29, 0.717) is 0 Å². The summed E-state index contributed by atoms with van der Waals surface area (Å²) < 4.78 is 0. The van der Waals surface area contributed by atoms with Gasteiger partial charge in [0.15, 0.2) is 5.78 Å². The fraction of sp³-hybridized carbons (Fsp3) is 0.261. The summed E-state index contributed by atoms with van der Waals surface area (Å²) in [7, 11) is 0. The number of carbonyl (C=O) groups excluding carboxylic acids is 1. The zero-order valence-electron chi connectivity index (χ0n) is 30.1. The van der Waals surface area contributed by atoms with Gasteiger partial charge in [0.2, 0.25) is 0 Å². The van der Waals surface area contributed by atoms with Crippen LogP contribution in [0.2, 0.25) is 0 Å². The van der Waals surface area contributed by atoms with Crippen LogP contribution < -0.4 is 0 Å². The van der Waals surface area contributed by atoms with Crippen molar-refractivity contribution in [3.05, 3.63) is 138 Å². The van der Waals surface area contributed by atoms with Crippen molar-refractivity contribution in [2.45, 2.75) is 67.2 Å². The molecule has 0 unspecified atom stereocenters. The maximum atomic E-state index is 11.7. The molecule has 4 heteroatoms. The number of aromatic nitrogens is 1. The molecule has 0 saturated heterocycles. The summed E-state index contributed by atoms with van der Waals surface area (Å²) in [5.74, 6) is 0.547. The molecule has 3 nitrogen and oxygen atoms in total. The Balaban J connectivity index is 0.000000301. The SMILES string of the molecule is CCC(CC)C(=O)/C=C(\O)C(CC)CC.Cc1cccc(C)c1-c1ccnc(-c2[c-]cc(-c3cc4ccccc4c4ccccc34)cc2)c1.[Ir]. The van der Waals surface area contributed by atoms with Crippen LogP contribution >= 0.6 is 0 Å². The molecule has 0 aliphatic carbocycles. The molecule has 0 bridgehead atoms. The summed E-state index contributed by atoms with van der Waals surface area (Å²) in [4.78, 5) is 16.4. The van der Waals surface area contributed by atoms with E-state index in [1.807, 2.05) is 33.9 Å². The Morgan fingerprint density at radius 3 is 1.96 bits per heavy atom. The number of hydrogen-bond acceptors (Lipinski definition) is 3. The van der Waals surface area contributed by atoms with Crippen LogP contribution in [0.4, 0.5) is 0 Å². The summed E-state index contributed by atoms with van der Waals surface area (Å²) in [5.41, 5.74) is 9.37. The molecule has 259 valence electrons. The van der Waals surface area contributed by atoms with E-state index in [1.54, 1.807) is 0 Å². The average Bonchev–Trinajstić information content (AvgIpc) is 3.13. The molecule has 0 saturated carbocycles. The monoisotopic (exact) mass is 839 g/mol. The first-order valence-electron chi connectivity index (χ1n) is 17.7. The fourth-order valence-electron chi connectivity index (χ4n) is 6.83. The Bertz CT molecular complexity index is 2050. The van der Waals surface area contributed by atoms with Crippen molar-refractivity contribution in [3.63, 3.8) is 0 Å². The zero-order valence-corrected chi connectivity index (χ0v) is 32.5. The number of aliphatic hydroxyl groups is 1. The number of pyridine rings is 1. The first-order chi connectivity index (χ1) is 23.8. The second kappa shape index (κ2) is 18.0. The number of allylic oxidation sites excluding steroid dienone is 2. The van der Waals surface area contributed by atoms with Gasteiger partial charge in [0, 0.05) is 44.2 Å². The molecule has 1 aromatic heterocycles. The van der Waals surface area contributed by atoms with Crippen LogP contribution in [0.1, 0.15) is 64.5 Å². The quantitative estimate of drug-likeness (QED) is 0.0647. The van der Waals surface area contributed by atoms with Gasteiger partial charge >= 0.3 is 0 Å². The smallest absolute Gasteiger partial charge is 0.162 e. The standard InChI is InChI=1S/C33H24N.C13H24O2.Ir/c1-22-8-7-9-23(2)33(22)27-18-19-34-32(21-27)25-16-14-24(15-17-25)31-20-26-10-3-4-11-28(26)29-12-5-6-13-30(29)31;1-5-10(6-2)12(14)9-13(15)11(7-3)8-4;/h3-16,18-21H,1-2H3;9-11,14H,5-8H2,1-4H3;/q-1;;/b;12-9-;. The number of aryl methyl sites for hydroxylation is 2. The van der Waals surface area contributed by atoms with E-state index in [1.165, 1.54) is 55.4 Å². The van der Waals surface area contributed by atoms with Gasteiger partial charge in [-0.2, -0.15) is 0 Å². The Morgan fingerprint density at radius 2 is 1.34 bits per heavy atom. The zero-order chi connectivity index (χ0) is 34.9. The predicted molar refractivity (Wildman–Crippen MR) is 208 cm³/mol. The molecule has 5 aromatic carbocycles. The van der Waals surface area contributed by atoms with Crippen LogP contribution in [0.25, 0.3) is 55.1 Å². The van der Waals surface area contributed by atoms with Crippen molar-refractivity contribution < 1.29 is 30.0 Å². The van der Waals surface area contributed by atoms with Crippen LogP contribution in [0.3, 0.4) is 0 Å². The van der Waals surface area contributed by atoms with Gasteiger partial charge in [-0.1, -0.05) is 118 Å². The minimum Gasteiger partial charge on any atom is -0.512 e. The van der Waals surface area contributed by atoms with E-state index < -0.39 is 0 Å². The molecule has 1 heterocycles. The molecule has 0 atom stereocenters. The molecule has 1 radical (unpaired) electrons. The van der Waals surface area contributed by atoms with E-state index >= 15 is 0 Å². The van der Waals surface area contributed by atoms with Gasteiger partial charge in [0.05, 0.1) is 5.76 Å². The second-order valence-electron chi connectivity index (χ2n) is 12.9. The Hall–Kier alpha value is -4.37. The normalized spacial score (nSPS) is 11.4. The van der Waals surface area contributed by atoms with Gasteiger partial charge in [-0.25, -0.2) is 0 Å². The minimum absolute atomic E-state index is 0. The van der Waals surface area contributed by atoms with Gasteiger partial charge in [0.25, 0.3) is 0 Å². The second-order valence-corrected chi connectivity index (χ2v) is 12.9. The molecule has 0 aliphatic heterocycles. The van der Waals surface area contributed by atoms with Gasteiger partial charge < -0.3 is 10.1 Å². The van der Waals surface area contributed by atoms with Crippen molar-refractivity contribution in [1.82, 2.24) is 4.98 Å². The van der Waals surface area contributed by atoms with E-state index in [4.69, 9.17) is 0 Å². The molecule has 0 fully saturated rings. The van der Waals surface area contributed by atoms with Crippen LogP contribution in [0, 0.1) is 31.7 Å². The summed E-state index contributed by atoms with van der Waals surface area (Å²) >= 11 is 0. The maximum Gasteiger partial charge on any atom is 0.162 e. The number of carbonyl (C=O) groups is 1. The Labute approximate surface area is 311 Å². The average molecular weight is 839 g/mol. The molecule has 50 heavy (non-hydrogen) atoms. The first kappa shape index (κ1) is 38.4. The number of ketones is 1. The Kier molecular flexibility index (Phi) is 13.9. The molecular weight excluding hydrogens is 791 g/mol. The first-order valence-corrected chi connectivity index (χ1v) is 17.7. The molecular formula is C46H48IrNO2-. The van der Waals surface area contributed by atoms with Gasteiger partial charge in [-0.15, -0.1) is 29.8 Å². The van der Waals surface area contributed by atoms with E-state index in [0.717, 1.165) is 42.5 Å². The molecule has 6 rings (SSSR count). The topological polar surface area (TPSA) is 50.2 Å². The number of rotatable bonds is 10. The number of nitrogens with zero attached hydrogens (tertiary/aromatic N) is 1. The van der Waals surface area contributed by atoms with Crippen molar-refractivity contribution in [2.75, 3.05) is 0 Å². The van der Waals surface area contributed by atoms with Crippen LogP contribution in [0.5, 0.6) is 0 Å². The largest absolute Gasteiger partial charge is 0.512 e. The third-order valence-corrected chi connectivity index (χ3v) is 9.78. The van der Waals surface area contributed by atoms with Gasteiger partial charge in [0.1, 0.15) is 0 Å². The maximum absolute atomic E-state index is 11.7. The van der Waals surface area contributed by atoms with Crippen molar-refractivity contribution in [1.29, 1.82) is 0 Å². The molecule has 1 N–H and O–H groups in total. The van der Waals surface area contributed by atoms with Crippen molar-refractivity contribution in [2.24, 2.45) is 11.8 Å². The number of aliphatic hydroxyl groups excluding tert-OH is 1. The van der Waals surface area contributed by atoms with E-state index in [2.05, 4.69) is 128 Å². The van der Waals surface area contributed by atoms with Crippen molar-refractivity contribution >= 4 is 27.3 Å². The fourth-order valence-corrected chi connectivity index (χ4v) is 6.83.